The molecule has 2 rings (SSSR count). The Balaban J connectivity index is 0.000000829. The maximum Gasteiger partial charge on any atom is 0.0345 e. The van der Waals surface area contributed by atoms with Crippen LogP contribution in [0, 0.1) is 0 Å². The molecule has 0 bridgehead atoms. The van der Waals surface area contributed by atoms with Crippen LogP contribution in [0.25, 0.3) is 5.57 Å². The topological polar surface area (TPSA) is 12.4 Å². The minimum absolute atomic E-state index is 1.09. The van der Waals surface area contributed by atoms with Crippen LogP contribution < -0.4 is 0 Å². The lowest BCUT2D eigenvalue weighted by Gasteiger charge is -2.06. The quantitative estimate of drug-likeness (QED) is 0.620. The largest absolute Gasteiger partial charge is 0.272 e. The van der Waals surface area contributed by atoms with Crippen molar-refractivity contribution in [3.05, 3.63) is 78.0 Å². The highest BCUT2D eigenvalue weighted by molar-refractivity contribution is 5.79. The summed E-state index contributed by atoms with van der Waals surface area (Å²) in [6, 6.07) is 20.4. The first-order chi connectivity index (χ1) is 9.92. The van der Waals surface area contributed by atoms with Crippen molar-refractivity contribution in [1.29, 1.82) is 0 Å². The molecule has 0 saturated carbocycles. The third-order valence-electron chi connectivity index (χ3n) is 2.39. The highest BCUT2D eigenvalue weighted by Crippen LogP contribution is 2.22. The summed E-state index contributed by atoms with van der Waals surface area (Å²) in [5, 5.41) is 0. The Morgan fingerprint density at radius 1 is 0.750 bits per heavy atom. The van der Waals surface area contributed by atoms with Crippen LogP contribution in [-0.2, 0) is 0 Å². The Labute approximate surface area is 123 Å². The number of aliphatic imine (C=N–C) groups is 1. The van der Waals surface area contributed by atoms with E-state index in [0.717, 1.165) is 16.7 Å². The van der Waals surface area contributed by atoms with Crippen LogP contribution in [0.15, 0.2) is 71.9 Å². The van der Waals surface area contributed by atoms with E-state index in [-0.39, 0.29) is 0 Å². The third-order valence-corrected chi connectivity index (χ3v) is 2.39. The van der Waals surface area contributed by atoms with E-state index in [2.05, 4.69) is 36.0 Å². The second-order valence-corrected chi connectivity index (χ2v) is 3.46. The van der Waals surface area contributed by atoms with Crippen LogP contribution in [0.2, 0.25) is 0 Å². The standard InChI is InChI=1S/C15H13N.2C2H6/c1-16-12-15(13-8-4-2-5-9-13)14-10-6-3-7-11-14;2*1-2/h2-12H,1H2;2*1-2H3. The first-order valence-corrected chi connectivity index (χ1v) is 7.18. The molecule has 0 aliphatic carbocycles. The Morgan fingerprint density at radius 3 is 1.40 bits per heavy atom. The summed E-state index contributed by atoms with van der Waals surface area (Å²) in [6.45, 7) is 11.5. The molecule has 0 N–H and O–H groups in total. The summed E-state index contributed by atoms with van der Waals surface area (Å²) in [5.41, 5.74) is 3.40. The fourth-order valence-electron chi connectivity index (χ4n) is 1.64. The van der Waals surface area contributed by atoms with Gasteiger partial charge in [-0.3, -0.25) is 4.99 Å². The highest BCUT2D eigenvalue weighted by Gasteiger charge is 2.02. The van der Waals surface area contributed by atoms with Crippen molar-refractivity contribution < 1.29 is 0 Å². The van der Waals surface area contributed by atoms with Crippen LogP contribution >= 0.6 is 0 Å². The van der Waals surface area contributed by atoms with E-state index in [4.69, 9.17) is 0 Å². The van der Waals surface area contributed by atoms with Gasteiger partial charge in [0.15, 0.2) is 0 Å². The predicted octanol–water partition coefficient (Wildman–Crippen LogP) is 5.83. The number of rotatable bonds is 3. The molecule has 0 fully saturated rings. The number of hydrogen-bond donors (Lipinski definition) is 0. The number of hydrogen-bond acceptors (Lipinski definition) is 1. The first kappa shape index (κ1) is 17.8. The first-order valence-electron chi connectivity index (χ1n) is 7.18. The molecule has 0 atom stereocenters. The lowest BCUT2D eigenvalue weighted by atomic mass is 9.99. The van der Waals surface area contributed by atoms with Crippen molar-refractivity contribution in [3.63, 3.8) is 0 Å². The van der Waals surface area contributed by atoms with Gasteiger partial charge in [0.1, 0.15) is 0 Å². The summed E-state index contributed by atoms with van der Waals surface area (Å²) in [4.78, 5) is 3.88. The molecule has 0 saturated heterocycles. The van der Waals surface area contributed by atoms with Gasteiger partial charge in [-0.15, -0.1) is 0 Å². The van der Waals surface area contributed by atoms with Crippen molar-refractivity contribution in [3.8, 4) is 0 Å². The fraction of sp³-hybridized carbons (Fsp3) is 0.211. The Bertz CT molecular complexity index is 442. The predicted molar refractivity (Wildman–Crippen MR) is 92.2 cm³/mol. The zero-order chi connectivity index (χ0) is 15.2. The van der Waals surface area contributed by atoms with Gasteiger partial charge in [0.25, 0.3) is 0 Å². The maximum atomic E-state index is 3.88. The summed E-state index contributed by atoms with van der Waals surface area (Å²) < 4.78 is 0. The Hall–Kier alpha value is -2.15. The third kappa shape index (κ3) is 5.66. The van der Waals surface area contributed by atoms with Crippen molar-refractivity contribution >= 4 is 12.3 Å². The van der Waals surface area contributed by atoms with Gasteiger partial charge in [0.2, 0.25) is 0 Å². The van der Waals surface area contributed by atoms with Gasteiger partial charge in [-0.1, -0.05) is 88.4 Å². The van der Waals surface area contributed by atoms with Gasteiger partial charge in [-0.2, -0.15) is 0 Å². The molecule has 0 aliphatic heterocycles. The molecular formula is C19H25N. The molecular weight excluding hydrogens is 242 g/mol. The SMILES string of the molecule is C=NC=C(c1ccccc1)c1ccccc1.CC.CC. The van der Waals surface area contributed by atoms with E-state index >= 15 is 0 Å². The van der Waals surface area contributed by atoms with Gasteiger partial charge < -0.3 is 0 Å². The molecule has 1 heteroatoms. The molecule has 2 aromatic rings. The van der Waals surface area contributed by atoms with Gasteiger partial charge in [-0.05, 0) is 17.8 Å². The van der Waals surface area contributed by atoms with E-state index in [1.165, 1.54) is 0 Å². The summed E-state index contributed by atoms with van der Waals surface area (Å²) >= 11 is 0. The normalized spacial score (nSPS) is 8.20. The van der Waals surface area contributed by atoms with Gasteiger partial charge in [-0.25, -0.2) is 0 Å². The summed E-state index contributed by atoms with van der Waals surface area (Å²) in [5.74, 6) is 0. The number of benzene rings is 2. The minimum atomic E-state index is 1.09. The average Bonchev–Trinajstić information content (AvgIpc) is 2.58. The lowest BCUT2D eigenvalue weighted by molar-refractivity contribution is 1.50. The molecule has 0 radical (unpaired) electrons. The van der Waals surface area contributed by atoms with Crippen molar-refractivity contribution in [2.45, 2.75) is 27.7 Å². The second kappa shape index (κ2) is 11.9. The van der Waals surface area contributed by atoms with Gasteiger partial charge >= 0.3 is 0 Å². The average molecular weight is 267 g/mol. The zero-order valence-electron chi connectivity index (χ0n) is 13.0. The summed E-state index contributed by atoms with van der Waals surface area (Å²) in [7, 11) is 0. The van der Waals surface area contributed by atoms with Crippen LogP contribution in [0.5, 0.6) is 0 Å². The van der Waals surface area contributed by atoms with Crippen LogP contribution in [0.3, 0.4) is 0 Å². The molecule has 0 heterocycles. The molecule has 1 nitrogen and oxygen atoms in total. The number of nitrogens with zero attached hydrogens (tertiary/aromatic N) is 1. The molecule has 0 amide bonds. The molecule has 0 aliphatic rings. The molecule has 2 aromatic carbocycles. The van der Waals surface area contributed by atoms with Crippen LogP contribution in [-0.4, -0.2) is 6.72 Å². The van der Waals surface area contributed by atoms with Crippen molar-refractivity contribution in [1.82, 2.24) is 0 Å². The smallest absolute Gasteiger partial charge is 0.0345 e. The molecule has 20 heavy (non-hydrogen) atoms. The molecule has 0 unspecified atom stereocenters. The molecule has 0 aromatic heterocycles. The Morgan fingerprint density at radius 2 is 1.10 bits per heavy atom. The molecule has 0 spiro atoms. The van der Waals surface area contributed by atoms with Gasteiger partial charge in [0, 0.05) is 11.8 Å². The summed E-state index contributed by atoms with van der Waals surface area (Å²) in [6.07, 6.45) is 1.80. The van der Waals surface area contributed by atoms with E-state index in [9.17, 15) is 0 Å². The van der Waals surface area contributed by atoms with E-state index in [0.29, 0.717) is 0 Å². The van der Waals surface area contributed by atoms with Crippen LogP contribution in [0.1, 0.15) is 38.8 Å². The zero-order valence-corrected chi connectivity index (χ0v) is 13.0. The minimum Gasteiger partial charge on any atom is -0.272 e. The monoisotopic (exact) mass is 267 g/mol. The van der Waals surface area contributed by atoms with E-state index in [1.807, 2.05) is 64.1 Å². The second-order valence-electron chi connectivity index (χ2n) is 3.46. The maximum absolute atomic E-state index is 3.88. The van der Waals surface area contributed by atoms with Gasteiger partial charge in [0.05, 0.1) is 0 Å². The Kier molecular flexibility index (Phi) is 10.6. The van der Waals surface area contributed by atoms with Crippen molar-refractivity contribution in [2.75, 3.05) is 0 Å². The van der Waals surface area contributed by atoms with Crippen molar-refractivity contribution in [2.24, 2.45) is 4.99 Å². The lowest BCUT2D eigenvalue weighted by Crippen LogP contribution is -1.86. The van der Waals surface area contributed by atoms with E-state index < -0.39 is 0 Å². The molecule has 106 valence electrons. The van der Waals surface area contributed by atoms with Crippen LogP contribution in [0.4, 0.5) is 0 Å². The van der Waals surface area contributed by atoms with E-state index in [1.54, 1.807) is 6.20 Å². The highest BCUT2D eigenvalue weighted by atomic mass is 14.6. The fourth-order valence-corrected chi connectivity index (χ4v) is 1.64.